The van der Waals surface area contributed by atoms with Crippen molar-refractivity contribution in [1.29, 1.82) is 0 Å². The molecule has 0 spiro atoms. The first-order valence-corrected chi connectivity index (χ1v) is 9.18. The van der Waals surface area contributed by atoms with Crippen LogP contribution in [-0.2, 0) is 5.75 Å². The van der Waals surface area contributed by atoms with Gasteiger partial charge in [0, 0.05) is 17.9 Å². The van der Waals surface area contributed by atoms with Gasteiger partial charge >= 0.3 is 0 Å². The number of hydrogen-bond donors (Lipinski definition) is 0. The molecule has 0 aliphatic rings. The lowest BCUT2D eigenvalue weighted by atomic mass is 10.1. The molecule has 1 aromatic heterocycles. The fraction of sp³-hybridized carbons (Fsp3) is 0.200. The van der Waals surface area contributed by atoms with Crippen LogP contribution in [0.1, 0.15) is 31.0 Å². The molecule has 26 heavy (non-hydrogen) atoms. The average Bonchev–Trinajstić information content (AvgIpc) is 2.61. The van der Waals surface area contributed by atoms with E-state index in [1.165, 1.54) is 36.0 Å². The first kappa shape index (κ1) is 18.3. The first-order chi connectivity index (χ1) is 12.5. The van der Waals surface area contributed by atoms with Gasteiger partial charge in [-0.25, -0.2) is 13.8 Å². The molecule has 0 unspecified atom stereocenters. The zero-order valence-electron chi connectivity index (χ0n) is 14.4. The van der Waals surface area contributed by atoms with Crippen molar-refractivity contribution >= 4 is 11.8 Å². The standard InChI is InChI=1S/C20H18F2N2OS/c1-13(2)18-11-19(25-17-5-3-4-16(22)10-17)24-20(23-18)26-12-14-6-8-15(21)9-7-14/h3-11,13H,12H2,1-2H3. The van der Waals surface area contributed by atoms with Crippen molar-refractivity contribution < 1.29 is 13.5 Å². The van der Waals surface area contributed by atoms with Gasteiger partial charge in [-0.3, -0.25) is 0 Å². The molecule has 0 radical (unpaired) electrons. The molecule has 0 fully saturated rings. The van der Waals surface area contributed by atoms with E-state index in [1.54, 1.807) is 30.3 Å². The van der Waals surface area contributed by atoms with Crippen molar-refractivity contribution in [3.8, 4) is 11.6 Å². The summed E-state index contributed by atoms with van der Waals surface area (Å²) in [5.41, 5.74) is 1.82. The third kappa shape index (κ3) is 5.02. The molecule has 0 amide bonds. The Morgan fingerprint density at radius 1 is 0.962 bits per heavy atom. The van der Waals surface area contributed by atoms with E-state index in [-0.39, 0.29) is 17.6 Å². The highest BCUT2D eigenvalue weighted by Crippen LogP contribution is 2.27. The van der Waals surface area contributed by atoms with Crippen molar-refractivity contribution in [3.63, 3.8) is 0 Å². The maximum Gasteiger partial charge on any atom is 0.223 e. The van der Waals surface area contributed by atoms with Gasteiger partial charge in [0.2, 0.25) is 5.88 Å². The quantitative estimate of drug-likeness (QED) is 0.395. The number of thioether (sulfide) groups is 1. The molecular formula is C20H18F2N2OS. The number of aromatic nitrogens is 2. The van der Waals surface area contributed by atoms with Gasteiger partial charge in [0.1, 0.15) is 17.4 Å². The van der Waals surface area contributed by atoms with Crippen LogP contribution >= 0.6 is 11.8 Å². The number of halogens is 2. The molecule has 3 aromatic rings. The highest BCUT2D eigenvalue weighted by atomic mass is 32.2. The van der Waals surface area contributed by atoms with Gasteiger partial charge in [0.25, 0.3) is 0 Å². The Kier molecular flexibility index (Phi) is 5.83. The van der Waals surface area contributed by atoms with Crippen LogP contribution in [0.2, 0.25) is 0 Å². The van der Waals surface area contributed by atoms with Gasteiger partial charge in [-0.2, -0.15) is 4.98 Å². The van der Waals surface area contributed by atoms with Crippen molar-refractivity contribution in [1.82, 2.24) is 9.97 Å². The van der Waals surface area contributed by atoms with Crippen LogP contribution in [0.3, 0.4) is 0 Å². The van der Waals surface area contributed by atoms with Crippen LogP contribution in [0, 0.1) is 11.6 Å². The zero-order valence-corrected chi connectivity index (χ0v) is 15.3. The van der Waals surface area contributed by atoms with E-state index in [9.17, 15) is 8.78 Å². The largest absolute Gasteiger partial charge is 0.439 e. The van der Waals surface area contributed by atoms with E-state index in [0.29, 0.717) is 22.5 Å². The van der Waals surface area contributed by atoms with Crippen molar-refractivity contribution in [2.75, 3.05) is 0 Å². The van der Waals surface area contributed by atoms with E-state index in [2.05, 4.69) is 9.97 Å². The summed E-state index contributed by atoms with van der Waals surface area (Å²) in [6, 6.07) is 14.0. The molecule has 6 heteroatoms. The minimum atomic E-state index is -0.369. The summed E-state index contributed by atoms with van der Waals surface area (Å²) >= 11 is 1.44. The predicted octanol–water partition coefficient (Wildman–Crippen LogP) is 5.96. The maximum absolute atomic E-state index is 13.3. The lowest BCUT2D eigenvalue weighted by molar-refractivity contribution is 0.448. The molecule has 3 rings (SSSR count). The Balaban J connectivity index is 1.80. The number of benzene rings is 2. The molecular weight excluding hydrogens is 354 g/mol. The molecule has 1 heterocycles. The van der Waals surface area contributed by atoms with Crippen LogP contribution in [0.25, 0.3) is 0 Å². The molecule has 0 aliphatic heterocycles. The summed E-state index contributed by atoms with van der Waals surface area (Å²) in [5, 5.41) is 0.562. The minimum absolute atomic E-state index is 0.193. The van der Waals surface area contributed by atoms with Crippen molar-refractivity contribution in [2.45, 2.75) is 30.7 Å². The van der Waals surface area contributed by atoms with Gasteiger partial charge in [-0.1, -0.05) is 43.8 Å². The van der Waals surface area contributed by atoms with E-state index < -0.39 is 0 Å². The second-order valence-electron chi connectivity index (χ2n) is 6.04. The fourth-order valence-corrected chi connectivity index (χ4v) is 3.03. The molecule has 0 bridgehead atoms. The molecule has 0 saturated heterocycles. The molecule has 0 aliphatic carbocycles. The molecule has 3 nitrogen and oxygen atoms in total. The Morgan fingerprint density at radius 3 is 2.42 bits per heavy atom. The van der Waals surface area contributed by atoms with Crippen LogP contribution in [0.15, 0.2) is 59.8 Å². The topological polar surface area (TPSA) is 35.0 Å². The van der Waals surface area contributed by atoms with Crippen LogP contribution in [-0.4, -0.2) is 9.97 Å². The van der Waals surface area contributed by atoms with E-state index in [4.69, 9.17) is 4.74 Å². The summed E-state index contributed by atoms with van der Waals surface area (Å²) in [7, 11) is 0. The summed E-state index contributed by atoms with van der Waals surface area (Å²) < 4.78 is 32.1. The first-order valence-electron chi connectivity index (χ1n) is 8.19. The third-order valence-electron chi connectivity index (χ3n) is 3.59. The Labute approximate surface area is 155 Å². The predicted molar refractivity (Wildman–Crippen MR) is 98.6 cm³/mol. The fourth-order valence-electron chi connectivity index (χ4n) is 2.21. The van der Waals surface area contributed by atoms with Crippen molar-refractivity contribution in [2.24, 2.45) is 0 Å². The average molecular weight is 372 g/mol. The van der Waals surface area contributed by atoms with E-state index in [1.807, 2.05) is 13.8 Å². The Bertz CT molecular complexity index is 885. The Morgan fingerprint density at radius 2 is 1.73 bits per heavy atom. The molecule has 2 aromatic carbocycles. The maximum atomic E-state index is 13.3. The molecule has 134 valence electrons. The number of ether oxygens (including phenoxy) is 1. The van der Waals surface area contributed by atoms with Crippen LogP contribution in [0.4, 0.5) is 8.78 Å². The molecule has 0 atom stereocenters. The normalized spacial score (nSPS) is 11.0. The summed E-state index contributed by atoms with van der Waals surface area (Å²) in [5.74, 6) is 0.928. The van der Waals surface area contributed by atoms with Crippen LogP contribution < -0.4 is 4.74 Å². The lowest BCUT2D eigenvalue weighted by Gasteiger charge is -2.11. The second kappa shape index (κ2) is 8.27. The van der Waals surface area contributed by atoms with Gasteiger partial charge < -0.3 is 4.74 Å². The van der Waals surface area contributed by atoms with Crippen molar-refractivity contribution in [3.05, 3.63) is 77.5 Å². The zero-order chi connectivity index (χ0) is 18.5. The molecule has 0 saturated carbocycles. The molecule has 0 N–H and O–H groups in total. The number of nitrogens with zero attached hydrogens (tertiary/aromatic N) is 2. The number of hydrogen-bond acceptors (Lipinski definition) is 4. The third-order valence-corrected chi connectivity index (χ3v) is 4.51. The monoisotopic (exact) mass is 372 g/mol. The smallest absolute Gasteiger partial charge is 0.223 e. The van der Waals surface area contributed by atoms with E-state index >= 15 is 0 Å². The summed E-state index contributed by atoms with van der Waals surface area (Å²) in [4.78, 5) is 8.95. The van der Waals surface area contributed by atoms with Crippen LogP contribution in [0.5, 0.6) is 11.6 Å². The van der Waals surface area contributed by atoms with Gasteiger partial charge in [0.15, 0.2) is 5.16 Å². The number of rotatable bonds is 6. The van der Waals surface area contributed by atoms with Gasteiger partial charge in [-0.15, -0.1) is 0 Å². The van der Waals surface area contributed by atoms with Gasteiger partial charge in [0.05, 0.1) is 5.69 Å². The summed E-state index contributed by atoms with van der Waals surface area (Å²) in [6.07, 6.45) is 0. The highest BCUT2D eigenvalue weighted by Gasteiger charge is 2.11. The Hall–Kier alpha value is -2.47. The SMILES string of the molecule is CC(C)c1cc(Oc2cccc(F)c2)nc(SCc2ccc(F)cc2)n1. The highest BCUT2D eigenvalue weighted by molar-refractivity contribution is 7.98. The summed E-state index contributed by atoms with van der Waals surface area (Å²) in [6.45, 7) is 4.06. The van der Waals surface area contributed by atoms with Gasteiger partial charge in [-0.05, 0) is 35.7 Å². The minimum Gasteiger partial charge on any atom is -0.439 e. The lowest BCUT2D eigenvalue weighted by Crippen LogP contribution is -2.00. The second-order valence-corrected chi connectivity index (χ2v) is 6.99. The van der Waals surface area contributed by atoms with E-state index in [0.717, 1.165) is 11.3 Å².